The Kier molecular flexibility index (Phi) is 7.90. The number of ether oxygens (including phenoxy) is 2. The number of pyridine rings is 1. The molecule has 0 aliphatic carbocycles. The van der Waals surface area contributed by atoms with Crippen molar-refractivity contribution >= 4 is 26.6 Å². The van der Waals surface area contributed by atoms with Crippen LogP contribution < -0.4 is 9.47 Å². The largest absolute Gasteiger partial charge is 0.502 e. The van der Waals surface area contributed by atoms with Crippen LogP contribution in [0.1, 0.15) is 21.5 Å². The van der Waals surface area contributed by atoms with Crippen molar-refractivity contribution in [3.05, 3.63) is 89.6 Å². The van der Waals surface area contributed by atoms with Gasteiger partial charge in [-0.2, -0.15) is 0 Å². The van der Waals surface area contributed by atoms with Crippen molar-refractivity contribution in [1.82, 2.24) is 14.8 Å². The van der Waals surface area contributed by atoms with Crippen molar-refractivity contribution in [2.24, 2.45) is 0 Å². The number of sulfone groups is 1. The van der Waals surface area contributed by atoms with Gasteiger partial charge in [-0.15, -0.1) is 0 Å². The first-order chi connectivity index (χ1) is 19.3. The predicted molar refractivity (Wildman–Crippen MR) is 151 cm³/mol. The van der Waals surface area contributed by atoms with E-state index in [0.717, 1.165) is 10.9 Å². The van der Waals surface area contributed by atoms with Crippen molar-refractivity contribution in [2.45, 2.75) is 17.2 Å². The van der Waals surface area contributed by atoms with Crippen LogP contribution in [-0.4, -0.2) is 74.6 Å². The highest BCUT2D eigenvalue weighted by molar-refractivity contribution is 7.90. The summed E-state index contributed by atoms with van der Waals surface area (Å²) in [6.07, 6.45) is 1.59. The molecule has 0 radical (unpaired) electrons. The molecule has 0 unspecified atom stereocenters. The zero-order chi connectivity index (χ0) is 28.3. The maximum Gasteiger partial charge on any atom is 0.253 e. The fourth-order valence-electron chi connectivity index (χ4n) is 4.96. The van der Waals surface area contributed by atoms with Gasteiger partial charge in [-0.3, -0.25) is 14.7 Å². The van der Waals surface area contributed by atoms with Crippen molar-refractivity contribution in [3.8, 4) is 17.2 Å². The monoisotopic (exact) mass is 561 g/mol. The number of carbonyl (C=O) groups is 1. The lowest BCUT2D eigenvalue weighted by Crippen LogP contribution is -2.48. The first-order valence-corrected chi connectivity index (χ1v) is 14.5. The summed E-state index contributed by atoms with van der Waals surface area (Å²) in [5.74, 6) is 0.419. The Labute approximate surface area is 233 Å². The molecule has 9 nitrogen and oxygen atoms in total. The lowest BCUT2D eigenvalue weighted by molar-refractivity contribution is 0.0628. The van der Waals surface area contributed by atoms with Gasteiger partial charge in [0, 0.05) is 49.9 Å². The fraction of sp³-hybridized carbons (Fsp3) is 0.267. The summed E-state index contributed by atoms with van der Waals surface area (Å²) in [5.41, 5.74) is 2.53. The van der Waals surface area contributed by atoms with Gasteiger partial charge in [0.25, 0.3) is 5.91 Å². The molecule has 1 aliphatic rings. The van der Waals surface area contributed by atoms with E-state index in [1.54, 1.807) is 60.8 Å². The SMILES string of the molecule is COc1cc(CN2CCN(C(=O)c3ccc(CS(=O)(=O)c4cccc5cccnc45)cc3)CC2)cc(OC)c1O. The number of aromatic nitrogens is 1. The van der Waals surface area contributed by atoms with E-state index in [9.17, 15) is 18.3 Å². The highest BCUT2D eigenvalue weighted by Gasteiger charge is 2.24. The maximum atomic E-state index is 13.2. The summed E-state index contributed by atoms with van der Waals surface area (Å²) in [4.78, 5) is 21.7. The Morgan fingerprint density at radius 1 is 0.900 bits per heavy atom. The number of phenolic OH excluding ortho intramolecular Hbond substituents is 1. The number of nitrogens with zero attached hydrogens (tertiary/aromatic N) is 3. The number of methoxy groups -OCH3 is 2. The Bertz CT molecular complexity index is 1600. The van der Waals surface area contributed by atoms with Crippen LogP contribution in [0, 0.1) is 0 Å². The number of piperazine rings is 1. The molecule has 0 spiro atoms. The van der Waals surface area contributed by atoms with Gasteiger partial charge in [0.15, 0.2) is 21.3 Å². The van der Waals surface area contributed by atoms with Crippen molar-refractivity contribution in [3.63, 3.8) is 0 Å². The lowest BCUT2D eigenvalue weighted by atomic mass is 10.1. The molecular formula is C30H31N3O6S. The van der Waals surface area contributed by atoms with E-state index >= 15 is 0 Å². The molecule has 1 aromatic heterocycles. The van der Waals surface area contributed by atoms with Crippen LogP contribution >= 0.6 is 0 Å². The van der Waals surface area contributed by atoms with Crippen LogP contribution in [0.3, 0.4) is 0 Å². The van der Waals surface area contributed by atoms with E-state index < -0.39 is 9.84 Å². The number of amides is 1. The first-order valence-electron chi connectivity index (χ1n) is 12.9. The minimum atomic E-state index is -3.63. The standard InChI is InChI=1S/C30H31N3O6S/c1-38-25-17-22(18-26(39-2)29(25)34)19-32-13-15-33(16-14-32)30(35)24-10-8-21(9-11-24)20-40(36,37)27-7-3-5-23-6-4-12-31-28(23)27/h3-12,17-18,34H,13-16,19-20H2,1-2H3. The molecule has 208 valence electrons. The number of aromatic hydroxyl groups is 1. The van der Waals surface area contributed by atoms with Gasteiger partial charge in [-0.05, 0) is 47.5 Å². The average Bonchev–Trinajstić information content (AvgIpc) is 2.98. The molecule has 1 N–H and O–H groups in total. The number of hydrogen-bond acceptors (Lipinski definition) is 8. The molecule has 1 saturated heterocycles. The van der Waals surface area contributed by atoms with E-state index in [1.165, 1.54) is 14.2 Å². The van der Waals surface area contributed by atoms with Crippen LogP contribution in [0.25, 0.3) is 10.9 Å². The van der Waals surface area contributed by atoms with Gasteiger partial charge in [0.1, 0.15) is 0 Å². The minimum absolute atomic E-state index is 0.0293. The lowest BCUT2D eigenvalue weighted by Gasteiger charge is -2.35. The number of benzene rings is 3. The molecule has 0 bridgehead atoms. The third-order valence-electron chi connectivity index (χ3n) is 7.09. The Hall–Kier alpha value is -4.15. The van der Waals surface area contributed by atoms with Gasteiger partial charge < -0.3 is 19.5 Å². The second kappa shape index (κ2) is 11.5. The minimum Gasteiger partial charge on any atom is -0.502 e. The number of hydrogen-bond donors (Lipinski definition) is 1. The molecule has 3 aromatic carbocycles. The number of para-hydroxylation sites is 1. The molecule has 1 aliphatic heterocycles. The molecule has 0 atom stereocenters. The van der Waals surface area contributed by atoms with Crippen LogP contribution in [0.2, 0.25) is 0 Å². The Morgan fingerprint density at radius 3 is 2.20 bits per heavy atom. The van der Waals surface area contributed by atoms with E-state index in [1.807, 2.05) is 17.0 Å². The fourth-order valence-corrected chi connectivity index (χ4v) is 6.49. The molecule has 10 heteroatoms. The predicted octanol–water partition coefficient (Wildman–Crippen LogP) is 3.89. The molecule has 0 saturated carbocycles. The zero-order valence-corrected chi connectivity index (χ0v) is 23.2. The van der Waals surface area contributed by atoms with E-state index in [2.05, 4.69) is 9.88 Å². The van der Waals surface area contributed by atoms with Gasteiger partial charge in [-0.1, -0.05) is 30.3 Å². The molecule has 1 fully saturated rings. The number of fused-ring (bicyclic) bond motifs is 1. The smallest absolute Gasteiger partial charge is 0.253 e. The second-order valence-electron chi connectivity index (χ2n) is 9.70. The molecular weight excluding hydrogens is 530 g/mol. The van der Waals surface area contributed by atoms with Crippen molar-refractivity contribution < 1.29 is 27.8 Å². The number of rotatable bonds is 8. The first kappa shape index (κ1) is 27.4. The van der Waals surface area contributed by atoms with Crippen LogP contribution in [-0.2, 0) is 22.1 Å². The van der Waals surface area contributed by atoms with Gasteiger partial charge in [-0.25, -0.2) is 8.42 Å². The van der Waals surface area contributed by atoms with E-state index in [-0.39, 0.29) is 22.3 Å². The van der Waals surface area contributed by atoms with E-state index in [0.29, 0.717) is 60.9 Å². The zero-order valence-electron chi connectivity index (χ0n) is 22.4. The van der Waals surface area contributed by atoms with E-state index in [4.69, 9.17) is 9.47 Å². The molecule has 4 aromatic rings. The normalized spacial score (nSPS) is 14.3. The second-order valence-corrected chi connectivity index (χ2v) is 11.7. The summed E-state index contributed by atoms with van der Waals surface area (Å²) < 4.78 is 36.9. The Balaban J connectivity index is 1.20. The summed E-state index contributed by atoms with van der Waals surface area (Å²) in [5, 5.41) is 10.9. The molecule has 2 heterocycles. The molecule has 40 heavy (non-hydrogen) atoms. The topological polar surface area (TPSA) is 109 Å². The third-order valence-corrected chi connectivity index (χ3v) is 8.81. The van der Waals surface area contributed by atoms with Gasteiger partial charge in [0.05, 0.1) is 30.4 Å². The molecule has 1 amide bonds. The summed E-state index contributed by atoms with van der Waals surface area (Å²) in [6.45, 7) is 3.13. The Morgan fingerprint density at radius 2 is 1.55 bits per heavy atom. The average molecular weight is 562 g/mol. The van der Waals surface area contributed by atoms with Crippen LogP contribution in [0.15, 0.2) is 77.8 Å². The quantitative estimate of drug-likeness (QED) is 0.345. The van der Waals surface area contributed by atoms with Crippen LogP contribution in [0.4, 0.5) is 0 Å². The van der Waals surface area contributed by atoms with Crippen molar-refractivity contribution in [2.75, 3.05) is 40.4 Å². The number of carbonyl (C=O) groups excluding carboxylic acids is 1. The summed E-state index contributed by atoms with van der Waals surface area (Å²) >= 11 is 0. The summed E-state index contributed by atoms with van der Waals surface area (Å²) in [7, 11) is -0.637. The van der Waals surface area contributed by atoms with Crippen molar-refractivity contribution in [1.29, 1.82) is 0 Å². The maximum absolute atomic E-state index is 13.2. The molecule has 5 rings (SSSR count). The highest BCUT2D eigenvalue weighted by Crippen LogP contribution is 2.37. The number of phenols is 1. The van der Waals surface area contributed by atoms with Crippen LogP contribution in [0.5, 0.6) is 17.2 Å². The van der Waals surface area contributed by atoms with Gasteiger partial charge >= 0.3 is 0 Å². The van der Waals surface area contributed by atoms with Gasteiger partial charge in [0.2, 0.25) is 5.75 Å². The highest BCUT2D eigenvalue weighted by atomic mass is 32.2. The third kappa shape index (κ3) is 5.73. The summed E-state index contributed by atoms with van der Waals surface area (Å²) in [6, 6.07) is 19.1.